The Balaban J connectivity index is 1.18. The maximum atomic E-state index is 15.4. The zero-order chi connectivity index (χ0) is 40.5. The number of benzene rings is 4. The van der Waals surface area contributed by atoms with Crippen LogP contribution in [0.4, 0.5) is 5.69 Å². The maximum absolute atomic E-state index is 15.4. The van der Waals surface area contributed by atoms with E-state index in [1.165, 1.54) is 11.6 Å². The molecule has 5 aromatic rings. The minimum absolute atomic E-state index is 0.0733. The van der Waals surface area contributed by atoms with Gasteiger partial charge in [0.25, 0.3) is 11.8 Å². The Bertz CT molecular complexity index is 2380. The summed E-state index contributed by atoms with van der Waals surface area (Å²) < 4.78 is 7.66. The van der Waals surface area contributed by atoms with Crippen molar-refractivity contribution < 1.29 is 29.0 Å². The summed E-state index contributed by atoms with van der Waals surface area (Å²) in [5.41, 5.74) is 9.30. The molecule has 298 valence electrons. The number of hydrogen-bond donors (Lipinski definition) is 1. The van der Waals surface area contributed by atoms with Crippen LogP contribution in [-0.4, -0.2) is 101 Å². The predicted molar refractivity (Wildman–Crippen MR) is 222 cm³/mol. The van der Waals surface area contributed by atoms with Crippen molar-refractivity contribution in [2.45, 2.75) is 45.3 Å². The molecule has 3 aliphatic rings. The van der Waals surface area contributed by atoms with Crippen LogP contribution < -0.4 is 4.90 Å². The first-order chi connectivity index (χ1) is 28.0. The molecule has 58 heavy (non-hydrogen) atoms. The van der Waals surface area contributed by atoms with Gasteiger partial charge in [0.05, 0.1) is 30.8 Å². The molecule has 8 rings (SSSR count). The van der Waals surface area contributed by atoms with Gasteiger partial charge >= 0.3 is 5.97 Å². The van der Waals surface area contributed by atoms with Crippen LogP contribution in [0, 0.1) is 6.92 Å². The second-order valence-corrected chi connectivity index (χ2v) is 15.7. The average molecular weight is 780 g/mol. The Morgan fingerprint density at radius 1 is 0.793 bits per heavy atom. The van der Waals surface area contributed by atoms with Gasteiger partial charge in [-0.3, -0.25) is 19.3 Å². The van der Waals surface area contributed by atoms with Crippen LogP contribution in [0.2, 0.25) is 0 Å². The van der Waals surface area contributed by atoms with Crippen LogP contribution in [-0.2, 0) is 48.9 Å². The molecule has 0 aliphatic carbocycles. The lowest BCUT2D eigenvalue weighted by atomic mass is 9.89. The molecule has 1 saturated heterocycles. The van der Waals surface area contributed by atoms with E-state index in [4.69, 9.17) is 4.74 Å². The van der Waals surface area contributed by atoms with E-state index in [9.17, 15) is 19.5 Å². The van der Waals surface area contributed by atoms with Gasteiger partial charge in [-0.05, 0) is 90.0 Å². The Morgan fingerprint density at radius 3 is 2.29 bits per heavy atom. The smallest absolute Gasteiger partial charge is 0.335 e. The zero-order valence-corrected chi connectivity index (χ0v) is 33.3. The van der Waals surface area contributed by atoms with Crippen molar-refractivity contribution in [3.63, 3.8) is 0 Å². The predicted octanol–water partition coefficient (Wildman–Crippen LogP) is 6.00. The first-order valence-corrected chi connectivity index (χ1v) is 20.0. The quantitative estimate of drug-likeness (QED) is 0.195. The normalized spacial score (nSPS) is 16.7. The highest BCUT2D eigenvalue weighted by Crippen LogP contribution is 2.36. The van der Waals surface area contributed by atoms with Crippen molar-refractivity contribution in [3.8, 4) is 11.3 Å². The monoisotopic (exact) mass is 779 g/mol. The third-order valence-electron chi connectivity index (χ3n) is 12.1. The lowest BCUT2D eigenvalue weighted by molar-refractivity contribution is -0.131. The molecule has 0 radical (unpaired) electrons. The highest BCUT2D eigenvalue weighted by molar-refractivity contribution is 6.08. The topological polar surface area (TPSA) is 116 Å². The van der Waals surface area contributed by atoms with Crippen LogP contribution in [0.25, 0.3) is 11.3 Å². The van der Waals surface area contributed by atoms with Gasteiger partial charge in [0.1, 0.15) is 0 Å². The van der Waals surface area contributed by atoms with Gasteiger partial charge in [-0.1, -0.05) is 54.6 Å². The summed E-state index contributed by atoms with van der Waals surface area (Å²) in [5.74, 6) is -1.37. The molecule has 1 fully saturated rings. The molecule has 11 heteroatoms. The second kappa shape index (κ2) is 16.4. The molecule has 4 heterocycles. The summed E-state index contributed by atoms with van der Waals surface area (Å²) in [4.78, 5) is 62.6. The van der Waals surface area contributed by atoms with Crippen molar-refractivity contribution in [1.82, 2.24) is 19.3 Å². The highest BCUT2D eigenvalue weighted by atomic mass is 16.5. The number of ether oxygens (including phenoxy) is 1. The summed E-state index contributed by atoms with van der Waals surface area (Å²) in [5, 5.41) is 9.50. The van der Waals surface area contributed by atoms with E-state index in [1.54, 1.807) is 35.0 Å². The number of carboxylic acids is 1. The number of aromatic nitrogens is 1. The number of rotatable bonds is 9. The third kappa shape index (κ3) is 7.79. The number of fused-ring (bicyclic) bond motifs is 2. The molecule has 0 saturated carbocycles. The molecule has 3 amide bonds. The summed E-state index contributed by atoms with van der Waals surface area (Å²) >= 11 is 0. The molecule has 1 N–H and O–H groups in total. The first kappa shape index (κ1) is 38.8. The molecule has 0 bridgehead atoms. The zero-order valence-electron chi connectivity index (χ0n) is 33.3. The number of amides is 3. The van der Waals surface area contributed by atoms with Crippen LogP contribution >= 0.6 is 0 Å². The average Bonchev–Trinajstić information content (AvgIpc) is 3.55. The number of morpholine rings is 1. The van der Waals surface area contributed by atoms with Gasteiger partial charge in [-0.2, -0.15) is 0 Å². The Morgan fingerprint density at radius 2 is 1.53 bits per heavy atom. The number of nitrogens with zero attached hydrogens (tertiary/aromatic N) is 5. The lowest BCUT2D eigenvalue weighted by Gasteiger charge is -2.41. The standard InChI is InChI=1S/C47H49N5O6/c1-31-40(45(54)49(3)38-14-5-4-6-15-38)27-43(48(31)2)41-25-34-16-17-51(44(53)23-32-10-9-13-35(22-32)47(56)57)28-37(34)26-42(41)46(55)52-29-36-12-8-7-11-33(36)24-39(52)30-50-18-20-58-21-19-50/h4-15,22,25-27,39H,16-21,23-24,28-30H2,1-3H3,(H,56,57)/t39-/m0/s1. The number of carboxylic acid groups (broad SMARTS) is 1. The van der Waals surface area contributed by atoms with Gasteiger partial charge in [0, 0.05) is 87.6 Å². The fourth-order valence-electron chi connectivity index (χ4n) is 8.66. The van der Waals surface area contributed by atoms with Gasteiger partial charge in [0.2, 0.25) is 5.91 Å². The molecule has 1 atom stereocenters. The van der Waals surface area contributed by atoms with E-state index in [-0.39, 0.29) is 35.7 Å². The lowest BCUT2D eigenvalue weighted by Crippen LogP contribution is -2.52. The number of para-hydroxylation sites is 1. The summed E-state index contributed by atoms with van der Waals surface area (Å²) in [7, 11) is 3.71. The molecular weight excluding hydrogens is 731 g/mol. The molecule has 0 spiro atoms. The largest absolute Gasteiger partial charge is 0.478 e. The van der Waals surface area contributed by atoms with Crippen LogP contribution in [0.5, 0.6) is 0 Å². The van der Waals surface area contributed by atoms with Gasteiger partial charge in [0.15, 0.2) is 0 Å². The van der Waals surface area contributed by atoms with Gasteiger partial charge < -0.3 is 29.1 Å². The highest BCUT2D eigenvalue weighted by Gasteiger charge is 2.35. The van der Waals surface area contributed by atoms with E-state index in [1.807, 2.05) is 72.0 Å². The third-order valence-corrected chi connectivity index (χ3v) is 12.1. The molecule has 3 aliphatic heterocycles. The van der Waals surface area contributed by atoms with Crippen molar-refractivity contribution in [2.75, 3.05) is 51.3 Å². The Hall–Kier alpha value is -6.04. The van der Waals surface area contributed by atoms with E-state index < -0.39 is 5.97 Å². The summed E-state index contributed by atoms with van der Waals surface area (Å²) in [6.45, 7) is 6.90. The fraction of sp³-hybridized carbons (Fsp3) is 0.319. The van der Waals surface area contributed by atoms with Crippen LogP contribution in [0.15, 0.2) is 97.1 Å². The summed E-state index contributed by atoms with van der Waals surface area (Å²) in [6.07, 6.45) is 1.40. The number of carbonyl (C=O) groups excluding carboxylic acids is 3. The van der Waals surface area contributed by atoms with Crippen molar-refractivity contribution >= 4 is 29.4 Å². The van der Waals surface area contributed by atoms with Crippen LogP contribution in [0.3, 0.4) is 0 Å². The number of carbonyl (C=O) groups is 4. The molecule has 4 aromatic carbocycles. The molecule has 11 nitrogen and oxygen atoms in total. The second-order valence-electron chi connectivity index (χ2n) is 15.7. The summed E-state index contributed by atoms with van der Waals surface area (Å²) in [6, 6.07) is 30.3. The Labute approximate surface area is 339 Å². The van der Waals surface area contributed by atoms with Gasteiger partial charge in [-0.15, -0.1) is 0 Å². The van der Waals surface area contributed by atoms with Crippen molar-refractivity contribution in [1.29, 1.82) is 0 Å². The minimum atomic E-state index is -1.04. The SMILES string of the molecule is Cc1c(C(=O)N(C)c2ccccc2)cc(-c2cc3c(cc2C(=O)N2Cc4ccccc4C[C@H]2CN2CCOCC2)CN(C(=O)Cc2cccc(C(=O)O)c2)CC3)n1C. The molecular formula is C47H49N5O6. The van der Waals surface area contributed by atoms with Crippen molar-refractivity contribution in [2.24, 2.45) is 7.05 Å². The fourth-order valence-corrected chi connectivity index (χ4v) is 8.66. The number of aromatic carboxylic acids is 1. The number of anilines is 1. The van der Waals surface area contributed by atoms with E-state index >= 15 is 4.79 Å². The maximum Gasteiger partial charge on any atom is 0.335 e. The minimum Gasteiger partial charge on any atom is -0.478 e. The van der Waals surface area contributed by atoms with Crippen molar-refractivity contribution in [3.05, 3.63) is 147 Å². The number of hydrogen-bond acceptors (Lipinski definition) is 6. The molecule has 1 aromatic heterocycles. The van der Waals surface area contributed by atoms with E-state index in [0.29, 0.717) is 56.0 Å². The van der Waals surface area contributed by atoms with Crippen LogP contribution in [0.1, 0.15) is 64.6 Å². The first-order valence-electron chi connectivity index (χ1n) is 20.0. The molecule has 0 unspecified atom stereocenters. The van der Waals surface area contributed by atoms with E-state index in [2.05, 4.69) is 29.2 Å². The Kier molecular flexibility index (Phi) is 11.0. The van der Waals surface area contributed by atoms with E-state index in [0.717, 1.165) is 65.4 Å². The van der Waals surface area contributed by atoms with Gasteiger partial charge in [-0.25, -0.2) is 4.79 Å².